The summed E-state index contributed by atoms with van der Waals surface area (Å²) in [6, 6.07) is 5.13. The van der Waals surface area contributed by atoms with E-state index >= 15 is 0 Å². The fourth-order valence-corrected chi connectivity index (χ4v) is 4.22. The third kappa shape index (κ3) is 10.0. The lowest BCUT2D eigenvalue weighted by molar-refractivity contribution is -0.130. The number of nitrogens with zero attached hydrogens (tertiary/aromatic N) is 1. The quantitative estimate of drug-likeness (QED) is 0.265. The number of unbranched alkanes of at least 4 members (excludes halogenated alkanes) is 11. The van der Waals surface area contributed by atoms with Crippen LogP contribution in [0.25, 0.3) is 0 Å². The van der Waals surface area contributed by atoms with Crippen LogP contribution in [0.3, 0.4) is 0 Å². The lowest BCUT2D eigenvalue weighted by Gasteiger charge is -2.14. The molecule has 1 aliphatic heterocycles. The number of carbonyl (C=O) groups excluding carboxylic acids is 1. The average molecular weight is 404 g/mol. The molecule has 1 heterocycles. The van der Waals surface area contributed by atoms with E-state index in [1.54, 1.807) is 12.1 Å². The standard InChI is InChI=1S/C25H41NO3/c27-23-18-17-22(21-24(23)28)15-11-9-7-5-3-1-2-4-6-8-10-12-16-25(29)26-19-13-14-20-26/h17-18,21,27-28H,1-16,19-20H2. The Balaban J connectivity index is 1.30. The Labute approximate surface area is 177 Å². The van der Waals surface area contributed by atoms with Gasteiger partial charge < -0.3 is 15.1 Å². The Morgan fingerprint density at radius 1 is 0.724 bits per heavy atom. The third-order valence-corrected chi connectivity index (χ3v) is 6.10. The molecule has 1 aromatic rings. The fraction of sp³-hybridized carbons (Fsp3) is 0.720. The number of aryl methyl sites for hydroxylation is 1. The molecular formula is C25H41NO3. The minimum Gasteiger partial charge on any atom is -0.504 e. The van der Waals surface area contributed by atoms with Gasteiger partial charge >= 0.3 is 0 Å². The van der Waals surface area contributed by atoms with Crippen LogP contribution >= 0.6 is 0 Å². The molecule has 1 fully saturated rings. The number of likely N-dealkylation sites (tertiary alicyclic amines) is 1. The number of phenols is 2. The van der Waals surface area contributed by atoms with Crippen LogP contribution in [0.4, 0.5) is 0 Å². The molecule has 0 radical (unpaired) electrons. The molecule has 0 bridgehead atoms. The predicted molar refractivity (Wildman–Crippen MR) is 119 cm³/mol. The second-order valence-electron chi connectivity index (χ2n) is 8.65. The molecule has 0 unspecified atom stereocenters. The molecule has 2 N–H and O–H groups in total. The van der Waals surface area contributed by atoms with Crippen molar-refractivity contribution in [2.45, 2.75) is 103 Å². The highest BCUT2D eigenvalue weighted by molar-refractivity contribution is 5.76. The van der Waals surface area contributed by atoms with E-state index < -0.39 is 0 Å². The highest BCUT2D eigenvalue weighted by Crippen LogP contribution is 2.25. The zero-order chi connectivity index (χ0) is 20.7. The van der Waals surface area contributed by atoms with Crippen LogP contribution in [0, 0.1) is 0 Å². The van der Waals surface area contributed by atoms with Crippen LogP contribution < -0.4 is 0 Å². The summed E-state index contributed by atoms with van der Waals surface area (Å²) in [5.41, 5.74) is 1.10. The molecule has 4 heteroatoms. The number of benzene rings is 1. The summed E-state index contributed by atoms with van der Waals surface area (Å²) in [6.45, 7) is 1.98. The van der Waals surface area contributed by atoms with Crippen LogP contribution in [-0.2, 0) is 11.2 Å². The first-order valence-corrected chi connectivity index (χ1v) is 12.0. The third-order valence-electron chi connectivity index (χ3n) is 6.10. The Morgan fingerprint density at radius 3 is 1.79 bits per heavy atom. The summed E-state index contributed by atoms with van der Waals surface area (Å²) in [7, 11) is 0. The predicted octanol–water partition coefficient (Wildman–Crippen LogP) is 6.33. The average Bonchev–Trinajstić information content (AvgIpc) is 3.25. The zero-order valence-corrected chi connectivity index (χ0v) is 18.2. The van der Waals surface area contributed by atoms with Crippen molar-refractivity contribution in [1.29, 1.82) is 0 Å². The van der Waals surface area contributed by atoms with Crippen LogP contribution in [-0.4, -0.2) is 34.1 Å². The molecule has 1 aliphatic rings. The Kier molecular flexibility index (Phi) is 11.6. The van der Waals surface area contributed by atoms with Crippen molar-refractivity contribution < 1.29 is 15.0 Å². The molecule has 0 aliphatic carbocycles. The topological polar surface area (TPSA) is 60.8 Å². The van der Waals surface area contributed by atoms with Gasteiger partial charge in [-0.25, -0.2) is 0 Å². The van der Waals surface area contributed by atoms with Gasteiger partial charge in [0.2, 0.25) is 5.91 Å². The molecule has 1 aromatic carbocycles. The number of hydrogen-bond donors (Lipinski definition) is 2. The fourth-order valence-electron chi connectivity index (χ4n) is 4.22. The summed E-state index contributed by atoms with van der Waals surface area (Å²) in [5, 5.41) is 18.8. The molecule has 164 valence electrons. The number of hydrogen-bond acceptors (Lipinski definition) is 3. The first-order valence-electron chi connectivity index (χ1n) is 12.0. The van der Waals surface area contributed by atoms with E-state index in [9.17, 15) is 15.0 Å². The van der Waals surface area contributed by atoms with Crippen LogP contribution in [0.5, 0.6) is 11.5 Å². The number of aromatic hydroxyl groups is 2. The van der Waals surface area contributed by atoms with Gasteiger partial charge in [-0.15, -0.1) is 0 Å². The molecule has 0 aromatic heterocycles. The SMILES string of the molecule is O=C(CCCCCCCCCCCCCCc1ccc(O)c(O)c1)N1CCCC1. The number of phenolic OH excluding ortho intramolecular Hbond substituents is 2. The Hall–Kier alpha value is -1.71. The lowest BCUT2D eigenvalue weighted by Crippen LogP contribution is -2.27. The monoisotopic (exact) mass is 403 g/mol. The van der Waals surface area contributed by atoms with Gasteiger partial charge in [0.05, 0.1) is 0 Å². The van der Waals surface area contributed by atoms with E-state index in [0.29, 0.717) is 5.91 Å². The molecule has 4 nitrogen and oxygen atoms in total. The van der Waals surface area contributed by atoms with E-state index in [2.05, 4.69) is 0 Å². The Morgan fingerprint density at radius 2 is 1.24 bits per heavy atom. The maximum Gasteiger partial charge on any atom is 0.222 e. The molecule has 0 spiro atoms. The molecule has 0 atom stereocenters. The highest BCUT2D eigenvalue weighted by atomic mass is 16.3. The van der Waals surface area contributed by atoms with Gasteiger partial charge in [0.1, 0.15) is 0 Å². The van der Waals surface area contributed by atoms with Crippen molar-refractivity contribution in [3.8, 4) is 11.5 Å². The first-order chi connectivity index (χ1) is 14.2. The highest BCUT2D eigenvalue weighted by Gasteiger charge is 2.16. The van der Waals surface area contributed by atoms with Crippen molar-refractivity contribution in [2.24, 2.45) is 0 Å². The maximum atomic E-state index is 12.0. The normalized spacial score (nSPS) is 13.9. The van der Waals surface area contributed by atoms with Gasteiger partial charge in [-0.05, 0) is 49.8 Å². The minimum absolute atomic E-state index is 0.0157. The van der Waals surface area contributed by atoms with Gasteiger partial charge in [-0.1, -0.05) is 70.3 Å². The molecule has 2 rings (SSSR count). The zero-order valence-electron chi connectivity index (χ0n) is 18.2. The Bertz CT molecular complexity index is 581. The minimum atomic E-state index is -0.0404. The van der Waals surface area contributed by atoms with Crippen molar-refractivity contribution in [3.63, 3.8) is 0 Å². The van der Waals surface area contributed by atoms with E-state index in [4.69, 9.17) is 0 Å². The summed E-state index contributed by atoms with van der Waals surface area (Å²) in [4.78, 5) is 14.0. The molecule has 0 saturated carbocycles. The summed E-state index contributed by atoms with van der Waals surface area (Å²) in [6.07, 6.45) is 19.3. The number of amides is 1. The largest absolute Gasteiger partial charge is 0.504 e. The molecule has 29 heavy (non-hydrogen) atoms. The van der Waals surface area contributed by atoms with Gasteiger partial charge in [0.15, 0.2) is 11.5 Å². The van der Waals surface area contributed by atoms with Crippen LogP contribution in [0.1, 0.15) is 102 Å². The molecular weight excluding hydrogens is 362 g/mol. The van der Waals surface area contributed by atoms with Crippen molar-refractivity contribution in [1.82, 2.24) is 4.90 Å². The second-order valence-corrected chi connectivity index (χ2v) is 8.65. The van der Waals surface area contributed by atoms with Gasteiger partial charge in [0.25, 0.3) is 0 Å². The van der Waals surface area contributed by atoms with E-state index in [1.165, 1.54) is 77.0 Å². The van der Waals surface area contributed by atoms with E-state index in [0.717, 1.165) is 44.3 Å². The van der Waals surface area contributed by atoms with Crippen molar-refractivity contribution >= 4 is 5.91 Å². The van der Waals surface area contributed by atoms with Gasteiger partial charge in [0, 0.05) is 19.5 Å². The maximum absolute atomic E-state index is 12.0. The second kappa shape index (κ2) is 14.3. The van der Waals surface area contributed by atoms with E-state index in [-0.39, 0.29) is 11.5 Å². The van der Waals surface area contributed by atoms with Crippen molar-refractivity contribution in [2.75, 3.05) is 13.1 Å². The smallest absolute Gasteiger partial charge is 0.222 e. The summed E-state index contributed by atoms with van der Waals surface area (Å²) >= 11 is 0. The van der Waals surface area contributed by atoms with Crippen LogP contribution in [0.2, 0.25) is 0 Å². The number of carbonyl (C=O) groups is 1. The lowest BCUT2D eigenvalue weighted by atomic mass is 10.0. The van der Waals surface area contributed by atoms with Gasteiger partial charge in [-0.3, -0.25) is 4.79 Å². The summed E-state index contributed by atoms with van der Waals surface area (Å²) in [5.74, 6) is 0.322. The molecule has 1 amide bonds. The van der Waals surface area contributed by atoms with Crippen LogP contribution in [0.15, 0.2) is 18.2 Å². The van der Waals surface area contributed by atoms with Gasteiger partial charge in [-0.2, -0.15) is 0 Å². The first kappa shape index (κ1) is 23.6. The number of rotatable bonds is 15. The van der Waals surface area contributed by atoms with Crippen molar-refractivity contribution in [3.05, 3.63) is 23.8 Å². The summed E-state index contributed by atoms with van der Waals surface area (Å²) < 4.78 is 0. The molecule has 1 saturated heterocycles. The van der Waals surface area contributed by atoms with E-state index in [1.807, 2.05) is 11.0 Å².